The normalized spacial score (nSPS) is 18.1. The van der Waals surface area contributed by atoms with E-state index < -0.39 is 10.0 Å². The third kappa shape index (κ3) is 3.20. The van der Waals surface area contributed by atoms with E-state index in [1.165, 1.54) is 30.7 Å². The Labute approximate surface area is 102 Å². The summed E-state index contributed by atoms with van der Waals surface area (Å²) in [6.45, 7) is 0. The van der Waals surface area contributed by atoms with Gasteiger partial charge >= 0.3 is 0 Å². The molecular formula is C12H17NO3S. The molecule has 0 atom stereocenters. The van der Waals surface area contributed by atoms with Gasteiger partial charge in [0.05, 0.1) is 4.90 Å². The van der Waals surface area contributed by atoms with E-state index in [0.29, 0.717) is 0 Å². The zero-order valence-electron chi connectivity index (χ0n) is 9.59. The van der Waals surface area contributed by atoms with Crippen LogP contribution in [0.2, 0.25) is 0 Å². The Morgan fingerprint density at radius 3 is 2.53 bits per heavy atom. The van der Waals surface area contributed by atoms with Crippen molar-refractivity contribution in [3.05, 3.63) is 24.3 Å². The first-order chi connectivity index (χ1) is 8.08. The average molecular weight is 255 g/mol. The first-order valence-electron chi connectivity index (χ1n) is 5.89. The molecule has 5 heteroatoms. The Morgan fingerprint density at radius 1 is 1.18 bits per heavy atom. The Balaban J connectivity index is 2.13. The minimum atomic E-state index is -3.49. The summed E-state index contributed by atoms with van der Waals surface area (Å²) in [5.41, 5.74) is 0. The fraction of sp³-hybridized carbons (Fsp3) is 0.500. The highest BCUT2D eigenvalue weighted by molar-refractivity contribution is 7.89. The molecule has 0 amide bonds. The van der Waals surface area contributed by atoms with Crippen LogP contribution in [0.5, 0.6) is 5.75 Å². The van der Waals surface area contributed by atoms with Gasteiger partial charge in [-0.15, -0.1) is 0 Å². The van der Waals surface area contributed by atoms with E-state index in [-0.39, 0.29) is 16.7 Å². The van der Waals surface area contributed by atoms with Gasteiger partial charge in [0.2, 0.25) is 10.0 Å². The van der Waals surface area contributed by atoms with Crippen LogP contribution < -0.4 is 4.72 Å². The minimum Gasteiger partial charge on any atom is -0.508 e. The van der Waals surface area contributed by atoms with Crippen molar-refractivity contribution in [3.8, 4) is 5.75 Å². The molecule has 0 aliphatic heterocycles. The van der Waals surface area contributed by atoms with Gasteiger partial charge in [-0.2, -0.15) is 0 Å². The molecule has 94 valence electrons. The molecule has 0 heterocycles. The molecule has 0 radical (unpaired) electrons. The molecule has 1 aliphatic carbocycles. The first-order valence-corrected chi connectivity index (χ1v) is 7.37. The Morgan fingerprint density at radius 2 is 1.88 bits per heavy atom. The molecule has 0 aromatic heterocycles. The predicted octanol–water partition coefficient (Wildman–Crippen LogP) is 2.00. The molecule has 1 saturated carbocycles. The van der Waals surface area contributed by atoms with Crippen LogP contribution in [-0.4, -0.2) is 19.6 Å². The van der Waals surface area contributed by atoms with Crippen molar-refractivity contribution < 1.29 is 13.5 Å². The summed E-state index contributed by atoms with van der Waals surface area (Å²) in [5, 5.41) is 9.29. The van der Waals surface area contributed by atoms with Crippen LogP contribution in [0.3, 0.4) is 0 Å². The maximum absolute atomic E-state index is 12.0. The van der Waals surface area contributed by atoms with Gasteiger partial charge in [0, 0.05) is 6.04 Å². The Hall–Kier alpha value is -1.07. The van der Waals surface area contributed by atoms with Crippen molar-refractivity contribution in [1.29, 1.82) is 0 Å². The number of sulfonamides is 1. The monoisotopic (exact) mass is 255 g/mol. The van der Waals surface area contributed by atoms with Gasteiger partial charge in [-0.25, -0.2) is 13.1 Å². The maximum Gasteiger partial charge on any atom is 0.240 e. The third-order valence-corrected chi connectivity index (χ3v) is 4.57. The Kier molecular flexibility index (Phi) is 3.69. The van der Waals surface area contributed by atoms with E-state index in [4.69, 9.17) is 0 Å². The molecular weight excluding hydrogens is 238 g/mol. The molecule has 17 heavy (non-hydrogen) atoms. The van der Waals surface area contributed by atoms with Gasteiger partial charge in [-0.1, -0.05) is 25.3 Å². The highest BCUT2D eigenvalue weighted by Crippen LogP contribution is 2.21. The summed E-state index contributed by atoms with van der Waals surface area (Å²) in [4.78, 5) is 0.128. The van der Waals surface area contributed by atoms with Crippen LogP contribution in [0.4, 0.5) is 0 Å². The van der Waals surface area contributed by atoms with Crippen molar-refractivity contribution >= 4 is 10.0 Å². The lowest BCUT2D eigenvalue weighted by molar-refractivity contribution is 0.412. The lowest BCUT2D eigenvalue weighted by Crippen LogP contribution is -2.36. The number of phenols is 1. The van der Waals surface area contributed by atoms with E-state index >= 15 is 0 Å². The molecule has 2 N–H and O–H groups in total. The number of rotatable bonds is 3. The van der Waals surface area contributed by atoms with Gasteiger partial charge < -0.3 is 5.11 Å². The second-order valence-corrected chi connectivity index (χ2v) is 6.17. The number of aromatic hydroxyl groups is 1. The second kappa shape index (κ2) is 5.06. The fourth-order valence-electron chi connectivity index (χ4n) is 2.16. The lowest BCUT2D eigenvalue weighted by Gasteiger charge is -2.22. The molecule has 0 unspecified atom stereocenters. The van der Waals surface area contributed by atoms with Crippen LogP contribution in [0.15, 0.2) is 29.2 Å². The molecule has 4 nitrogen and oxygen atoms in total. The minimum absolute atomic E-state index is 0.0310. The topological polar surface area (TPSA) is 66.4 Å². The molecule has 1 aromatic rings. The molecule has 0 bridgehead atoms. The second-order valence-electron chi connectivity index (χ2n) is 4.45. The van der Waals surface area contributed by atoms with Crippen molar-refractivity contribution in [2.75, 3.05) is 0 Å². The van der Waals surface area contributed by atoms with E-state index in [1.54, 1.807) is 0 Å². The average Bonchev–Trinajstić information content (AvgIpc) is 2.30. The SMILES string of the molecule is O=S(=O)(NC1CCCCC1)c1cccc(O)c1. The van der Waals surface area contributed by atoms with Crippen LogP contribution in [-0.2, 0) is 10.0 Å². The van der Waals surface area contributed by atoms with Crippen LogP contribution in [0.25, 0.3) is 0 Å². The summed E-state index contributed by atoms with van der Waals surface area (Å²) < 4.78 is 26.8. The van der Waals surface area contributed by atoms with Crippen molar-refractivity contribution in [2.45, 2.75) is 43.0 Å². The molecule has 0 spiro atoms. The summed E-state index contributed by atoms with van der Waals surface area (Å²) in [5.74, 6) is -0.0310. The predicted molar refractivity (Wildman–Crippen MR) is 65.3 cm³/mol. The third-order valence-electron chi connectivity index (χ3n) is 3.05. The van der Waals surface area contributed by atoms with Crippen LogP contribution in [0.1, 0.15) is 32.1 Å². The molecule has 1 aromatic carbocycles. The van der Waals surface area contributed by atoms with E-state index in [1.807, 2.05) is 0 Å². The fourth-order valence-corrected chi connectivity index (χ4v) is 3.50. The zero-order valence-corrected chi connectivity index (χ0v) is 10.4. The van der Waals surface area contributed by atoms with Crippen molar-refractivity contribution in [1.82, 2.24) is 4.72 Å². The largest absolute Gasteiger partial charge is 0.508 e. The summed E-state index contributed by atoms with van der Waals surface area (Å²) >= 11 is 0. The van der Waals surface area contributed by atoms with Gasteiger partial charge in [-0.05, 0) is 31.0 Å². The Bertz CT molecular complexity index is 478. The van der Waals surface area contributed by atoms with Gasteiger partial charge in [0.25, 0.3) is 0 Å². The summed E-state index contributed by atoms with van der Waals surface area (Å²) in [6, 6.07) is 5.79. The van der Waals surface area contributed by atoms with Gasteiger partial charge in [-0.3, -0.25) is 0 Å². The van der Waals surface area contributed by atoms with Crippen LogP contribution in [0, 0.1) is 0 Å². The maximum atomic E-state index is 12.0. The lowest BCUT2D eigenvalue weighted by atomic mass is 9.96. The number of benzene rings is 1. The molecule has 2 rings (SSSR count). The molecule has 1 aliphatic rings. The van der Waals surface area contributed by atoms with E-state index in [2.05, 4.69) is 4.72 Å². The molecule has 0 saturated heterocycles. The summed E-state index contributed by atoms with van der Waals surface area (Å²) in [6.07, 6.45) is 5.14. The van der Waals surface area contributed by atoms with E-state index in [0.717, 1.165) is 25.7 Å². The van der Waals surface area contributed by atoms with Gasteiger partial charge in [0.1, 0.15) is 5.75 Å². The van der Waals surface area contributed by atoms with Gasteiger partial charge in [0.15, 0.2) is 0 Å². The standard InChI is InChI=1S/C12H17NO3S/c14-11-7-4-8-12(9-11)17(15,16)13-10-5-2-1-3-6-10/h4,7-10,13-14H,1-3,5-6H2. The summed E-state index contributed by atoms with van der Waals surface area (Å²) in [7, 11) is -3.49. The highest BCUT2D eigenvalue weighted by Gasteiger charge is 2.21. The van der Waals surface area contributed by atoms with Crippen molar-refractivity contribution in [2.24, 2.45) is 0 Å². The number of phenolic OH excluding ortho intramolecular Hbond substituents is 1. The number of hydrogen-bond donors (Lipinski definition) is 2. The van der Waals surface area contributed by atoms with Crippen LogP contribution >= 0.6 is 0 Å². The highest BCUT2D eigenvalue weighted by atomic mass is 32.2. The first kappa shape index (κ1) is 12.4. The van der Waals surface area contributed by atoms with E-state index in [9.17, 15) is 13.5 Å². The van der Waals surface area contributed by atoms with Crippen molar-refractivity contribution in [3.63, 3.8) is 0 Å². The quantitative estimate of drug-likeness (QED) is 0.868. The number of nitrogens with one attached hydrogen (secondary N) is 1. The number of hydrogen-bond acceptors (Lipinski definition) is 3. The zero-order chi connectivity index (χ0) is 12.3. The smallest absolute Gasteiger partial charge is 0.240 e. The molecule has 1 fully saturated rings.